The molecular weight excluding hydrogens is 354 g/mol. The van der Waals surface area contributed by atoms with Gasteiger partial charge in [0.2, 0.25) is 5.91 Å². The molecule has 2 aromatic carbocycles. The highest BCUT2D eigenvalue weighted by Gasteiger charge is 2.25. The van der Waals surface area contributed by atoms with Crippen LogP contribution in [0.3, 0.4) is 0 Å². The lowest BCUT2D eigenvalue weighted by Crippen LogP contribution is -2.52. The van der Waals surface area contributed by atoms with Gasteiger partial charge >= 0.3 is 0 Å². The third-order valence-electron chi connectivity index (χ3n) is 4.96. The summed E-state index contributed by atoms with van der Waals surface area (Å²) in [6.07, 6.45) is 0.941. The van der Waals surface area contributed by atoms with Crippen LogP contribution in [-0.4, -0.2) is 60.2 Å². The van der Waals surface area contributed by atoms with E-state index in [2.05, 4.69) is 12.2 Å². The fourth-order valence-corrected chi connectivity index (χ4v) is 3.18. The Bertz CT molecular complexity index is 826. The van der Waals surface area contributed by atoms with E-state index in [9.17, 15) is 14.4 Å². The van der Waals surface area contributed by atoms with E-state index in [-0.39, 0.29) is 24.3 Å². The van der Waals surface area contributed by atoms with E-state index in [1.165, 1.54) is 5.56 Å². The Morgan fingerprint density at radius 3 is 2.04 bits per heavy atom. The highest BCUT2D eigenvalue weighted by molar-refractivity contribution is 5.96. The van der Waals surface area contributed by atoms with Gasteiger partial charge in [0.25, 0.3) is 11.8 Å². The van der Waals surface area contributed by atoms with Crippen LogP contribution in [0.15, 0.2) is 54.6 Å². The summed E-state index contributed by atoms with van der Waals surface area (Å²) in [6, 6.07) is 16.5. The van der Waals surface area contributed by atoms with Crippen LogP contribution in [0.1, 0.15) is 33.2 Å². The Morgan fingerprint density at radius 2 is 1.43 bits per heavy atom. The number of aryl methyl sites for hydroxylation is 1. The summed E-state index contributed by atoms with van der Waals surface area (Å²) in [7, 11) is 0. The van der Waals surface area contributed by atoms with Crippen molar-refractivity contribution in [3.05, 3.63) is 71.3 Å². The summed E-state index contributed by atoms with van der Waals surface area (Å²) in [6.45, 7) is 3.96. The minimum absolute atomic E-state index is 0.00728. The number of hydrogen-bond donors (Lipinski definition) is 1. The number of benzene rings is 2. The molecule has 0 spiro atoms. The van der Waals surface area contributed by atoms with Gasteiger partial charge in [-0.1, -0.05) is 37.3 Å². The maximum absolute atomic E-state index is 12.6. The molecule has 3 amide bonds. The molecular formula is C22H25N3O3. The molecule has 1 aliphatic heterocycles. The molecule has 0 bridgehead atoms. The van der Waals surface area contributed by atoms with Crippen molar-refractivity contribution in [2.45, 2.75) is 13.3 Å². The summed E-state index contributed by atoms with van der Waals surface area (Å²) < 4.78 is 0. The molecule has 0 aliphatic carbocycles. The van der Waals surface area contributed by atoms with Crippen LogP contribution in [0.5, 0.6) is 0 Å². The van der Waals surface area contributed by atoms with Crippen LogP contribution >= 0.6 is 0 Å². The number of amides is 3. The van der Waals surface area contributed by atoms with Gasteiger partial charge in [0, 0.05) is 37.3 Å². The summed E-state index contributed by atoms with van der Waals surface area (Å²) in [5, 5.41) is 2.66. The summed E-state index contributed by atoms with van der Waals surface area (Å²) in [5.74, 6) is -0.408. The number of carbonyl (C=O) groups is 3. The van der Waals surface area contributed by atoms with Crippen LogP contribution in [0.2, 0.25) is 0 Å². The second kappa shape index (κ2) is 9.17. The first kappa shape index (κ1) is 19.6. The third kappa shape index (κ3) is 4.76. The van der Waals surface area contributed by atoms with Crippen LogP contribution in [-0.2, 0) is 11.2 Å². The number of rotatable bonds is 5. The molecule has 0 unspecified atom stereocenters. The quantitative estimate of drug-likeness (QED) is 0.863. The Balaban J connectivity index is 1.47. The van der Waals surface area contributed by atoms with Crippen molar-refractivity contribution in [3.8, 4) is 0 Å². The van der Waals surface area contributed by atoms with Gasteiger partial charge in [0.05, 0.1) is 6.54 Å². The number of hydrogen-bond acceptors (Lipinski definition) is 3. The van der Waals surface area contributed by atoms with E-state index in [1.807, 2.05) is 30.3 Å². The van der Waals surface area contributed by atoms with Crippen molar-refractivity contribution >= 4 is 17.7 Å². The predicted octanol–water partition coefficient (Wildman–Crippen LogP) is 1.96. The van der Waals surface area contributed by atoms with E-state index >= 15 is 0 Å². The minimum Gasteiger partial charge on any atom is -0.343 e. The minimum atomic E-state index is -0.265. The fourth-order valence-electron chi connectivity index (χ4n) is 3.18. The average molecular weight is 379 g/mol. The standard InChI is InChI=1S/C22H25N3O3/c1-2-17-8-10-19(11-9-17)22(28)25-14-12-24(13-15-25)20(26)16-23-21(27)18-6-4-3-5-7-18/h3-11H,2,12-16H2,1H3,(H,23,27). The highest BCUT2D eigenvalue weighted by Crippen LogP contribution is 2.11. The van der Waals surface area contributed by atoms with Gasteiger partial charge in [-0.3, -0.25) is 14.4 Å². The van der Waals surface area contributed by atoms with Gasteiger partial charge < -0.3 is 15.1 Å². The zero-order valence-electron chi connectivity index (χ0n) is 16.1. The summed E-state index contributed by atoms with van der Waals surface area (Å²) in [4.78, 5) is 40.5. The number of nitrogens with one attached hydrogen (secondary N) is 1. The van der Waals surface area contributed by atoms with Gasteiger partial charge in [0.1, 0.15) is 0 Å². The number of piperazine rings is 1. The lowest BCUT2D eigenvalue weighted by molar-refractivity contribution is -0.131. The maximum Gasteiger partial charge on any atom is 0.253 e. The van der Waals surface area contributed by atoms with Crippen LogP contribution in [0.25, 0.3) is 0 Å². The van der Waals surface area contributed by atoms with Crippen molar-refractivity contribution in [1.29, 1.82) is 0 Å². The highest BCUT2D eigenvalue weighted by atomic mass is 16.2. The van der Waals surface area contributed by atoms with E-state index in [4.69, 9.17) is 0 Å². The molecule has 28 heavy (non-hydrogen) atoms. The van der Waals surface area contributed by atoms with E-state index in [0.717, 1.165) is 6.42 Å². The molecule has 0 saturated carbocycles. The molecule has 146 valence electrons. The monoisotopic (exact) mass is 379 g/mol. The number of nitrogens with zero attached hydrogens (tertiary/aromatic N) is 2. The lowest BCUT2D eigenvalue weighted by Gasteiger charge is -2.35. The predicted molar refractivity (Wildman–Crippen MR) is 107 cm³/mol. The molecule has 3 rings (SSSR count). The Labute approximate surface area is 165 Å². The molecule has 1 heterocycles. The molecule has 0 atom stereocenters. The Kier molecular flexibility index (Phi) is 6.42. The van der Waals surface area contributed by atoms with Crippen molar-refractivity contribution in [1.82, 2.24) is 15.1 Å². The smallest absolute Gasteiger partial charge is 0.253 e. The molecule has 0 radical (unpaired) electrons. The SMILES string of the molecule is CCc1ccc(C(=O)N2CCN(C(=O)CNC(=O)c3ccccc3)CC2)cc1. The fraction of sp³-hybridized carbons (Fsp3) is 0.318. The van der Waals surface area contributed by atoms with Crippen LogP contribution in [0, 0.1) is 0 Å². The van der Waals surface area contributed by atoms with E-state index in [0.29, 0.717) is 37.3 Å². The van der Waals surface area contributed by atoms with E-state index < -0.39 is 0 Å². The Hall–Kier alpha value is -3.15. The van der Waals surface area contributed by atoms with Crippen molar-refractivity contribution < 1.29 is 14.4 Å². The molecule has 1 aliphatic rings. The largest absolute Gasteiger partial charge is 0.343 e. The first-order valence-electron chi connectivity index (χ1n) is 9.57. The maximum atomic E-state index is 12.6. The lowest BCUT2D eigenvalue weighted by atomic mass is 10.1. The van der Waals surface area contributed by atoms with Gasteiger partial charge in [-0.2, -0.15) is 0 Å². The molecule has 1 fully saturated rings. The molecule has 6 heteroatoms. The molecule has 2 aromatic rings. The number of carbonyl (C=O) groups excluding carboxylic acids is 3. The molecule has 0 aromatic heterocycles. The van der Waals surface area contributed by atoms with Gasteiger partial charge in [0.15, 0.2) is 0 Å². The zero-order chi connectivity index (χ0) is 19.9. The molecule has 6 nitrogen and oxygen atoms in total. The van der Waals surface area contributed by atoms with Crippen molar-refractivity contribution in [3.63, 3.8) is 0 Å². The topological polar surface area (TPSA) is 69.7 Å². The molecule has 1 saturated heterocycles. The van der Waals surface area contributed by atoms with Crippen molar-refractivity contribution in [2.75, 3.05) is 32.7 Å². The van der Waals surface area contributed by atoms with Gasteiger partial charge in [-0.25, -0.2) is 0 Å². The second-order valence-electron chi connectivity index (χ2n) is 6.77. The van der Waals surface area contributed by atoms with Gasteiger partial charge in [-0.15, -0.1) is 0 Å². The summed E-state index contributed by atoms with van der Waals surface area (Å²) >= 11 is 0. The van der Waals surface area contributed by atoms with Crippen LogP contribution in [0.4, 0.5) is 0 Å². The van der Waals surface area contributed by atoms with Crippen molar-refractivity contribution in [2.24, 2.45) is 0 Å². The summed E-state index contributed by atoms with van der Waals surface area (Å²) in [5.41, 5.74) is 2.40. The second-order valence-corrected chi connectivity index (χ2v) is 6.77. The Morgan fingerprint density at radius 1 is 0.821 bits per heavy atom. The first-order chi connectivity index (χ1) is 13.6. The normalized spacial score (nSPS) is 13.9. The molecule has 1 N–H and O–H groups in total. The zero-order valence-corrected chi connectivity index (χ0v) is 16.1. The van der Waals surface area contributed by atoms with Crippen LogP contribution < -0.4 is 5.32 Å². The third-order valence-corrected chi connectivity index (χ3v) is 4.96. The van der Waals surface area contributed by atoms with E-state index in [1.54, 1.807) is 34.1 Å². The first-order valence-corrected chi connectivity index (χ1v) is 9.57. The van der Waals surface area contributed by atoms with Gasteiger partial charge in [-0.05, 0) is 36.2 Å². The average Bonchev–Trinajstić information content (AvgIpc) is 2.77.